The van der Waals surface area contributed by atoms with Gasteiger partial charge in [0.15, 0.2) is 11.5 Å². The molecule has 6 heteroatoms. The molecule has 0 bridgehead atoms. The van der Waals surface area contributed by atoms with E-state index in [0.29, 0.717) is 18.0 Å². The van der Waals surface area contributed by atoms with Gasteiger partial charge in [0, 0.05) is 6.54 Å². The van der Waals surface area contributed by atoms with Crippen LogP contribution in [0, 0.1) is 0 Å². The highest BCUT2D eigenvalue weighted by atomic mass is 16.3. The van der Waals surface area contributed by atoms with Gasteiger partial charge >= 0.3 is 0 Å². The maximum atomic E-state index is 12.2. The molecule has 0 unspecified atom stereocenters. The third kappa shape index (κ3) is 2.54. The summed E-state index contributed by atoms with van der Waals surface area (Å²) in [6, 6.07) is 13.0. The van der Waals surface area contributed by atoms with Crippen molar-refractivity contribution in [1.82, 2.24) is 20.3 Å². The van der Waals surface area contributed by atoms with Crippen LogP contribution in [0.3, 0.4) is 0 Å². The van der Waals surface area contributed by atoms with Crippen LogP contribution in [0.25, 0.3) is 17.1 Å². The summed E-state index contributed by atoms with van der Waals surface area (Å²) in [6.07, 6.45) is 3.15. The van der Waals surface area contributed by atoms with Crippen LogP contribution < -0.4 is 5.32 Å². The Labute approximate surface area is 127 Å². The fraction of sp³-hybridized carbons (Fsp3) is 0.0625. The number of amides is 1. The van der Waals surface area contributed by atoms with Crippen LogP contribution in [-0.2, 0) is 0 Å². The van der Waals surface area contributed by atoms with Gasteiger partial charge in [-0.2, -0.15) is 0 Å². The van der Waals surface area contributed by atoms with Gasteiger partial charge < -0.3 is 9.73 Å². The molecule has 1 aromatic carbocycles. The first-order valence-corrected chi connectivity index (χ1v) is 6.75. The SMILES string of the molecule is C=CCNC(=O)c1nnn(-c2ccccc2)c1-c1ccco1. The van der Waals surface area contributed by atoms with E-state index in [2.05, 4.69) is 22.2 Å². The smallest absolute Gasteiger partial charge is 0.274 e. The van der Waals surface area contributed by atoms with Crippen molar-refractivity contribution in [2.75, 3.05) is 6.54 Å². The van der Waals surface area contributed by atoms with E-state index < -0.39 is 0 Å². The van der Waals surface area contributed by atoms with Gasteiger partial charge in [0.25, 0.3) is 5.91 Å². The Morgan fingerprint density at radius 3 is 2.77 bits per heavy atom. The van der Waals surface area contributed by atoms with Gasteiger partial charge in [-0.05, 0) is 24.3 Å². The van der Waals surface area contributed by atoms with Crippen LogP contribution in [0.5, 0.6) is 0 Å². The predicted molar refractivity (Wildman–Crippen MR) is 81.6 cm³/mol. The molecule has 0 radical (unpaired) electrons. The number of rotatable bonds is 5. The second-order valence-electron chi connectivity index (χ2n) is 4.51. The molecule has 110 valence electrons. The molecule has 0 fully saturated rings. The first kappa shape index (κ1) is 13.8. The molecular formula is C16H14N4O2. The van der Waals surface area contributed by atoms with Gasteiger partial charge in [0.2, 0.25) is 0 Å². The number of nitrogens with one attached hydrogen (secondary N) is 1. The molecule has 1 N–H and O–H groups in total. The Morgan fingerprint density at radius 2 is 2.09 bits per heavy atom. The number of carbonyl (C=O) groups excluding carboxylic acids is 1. The first-order chi connectivity index (χ1) is 10.8. The largest absolute Gasteiger partial charge is 0.463 e. The maximum Gasteiger partial charge on any atom is 0.274 e. The molecule has 2 heterocycles. The highest BCUT2D eigenvalue weighted by molar-refractivity contribution is 5.97. The summed E-state index contributed by atoms with van der Waals surface area (Å²) in [5.74, 6) is 0.200. The van der Waals surface area contributed by atoms with Crippen molar-refractivity contribution >= 4 is 5.91 Å². The summed E-state index contributed by atoms with van der Waals surface area (Å²) in [6.45, 7) is 3.93. The van der Waals surface area contributed by atoms with Crippen molar-refractivity contribution in [3.8, 4) is 17.1 Å². The Morgan fingerprint density at radius 1 is 1.27 bits per heavy atom. The lowest BCUT2D eigenvalue weighted by molar-refractivity contribution is 0.0953. The summed E-state index contributed by atoms with van der Waals surface area (Å²) >= 11 is 0. The van der Waals surface area contributed by atoms with E-state index in [4.69, 9.17) is 4.42 Å². The third-order valence-electron chi connectivity index (χ3n) is 3.05. The highest BCUT2D eigenvalue weighted by Crippen LogP contribution is 2.25. The van der Waals surface area contributed by atoms with Gasteiger partial charge in [-0.1, -0.05) is 29.5 Å². The van der Waals surface area contributed by atoms with Crippen LogP contribution in [0.15, 0.2) is 65.8 Å². The molecule has 0 saturated heterocycles. The molecular weight excluding hydrogens is 280 g/mol. The summed E-state index contributed by atoms with van der Waals surface area (Å²) in [5, 5.41) is 10.8. The fourth-order valence-electron chi connectivity index (χ4n) is 2.07. The number of furan rings is 1. The van der Waals surface area contributed by atoms with Gasteiger partial charge in [0.1, 0.15) is 5.69 Å². The number of aromatic nitrogens is 3. The average molecular weight is 294 g/mol. The van der Waals surface area contributed by atoms with Crippen molar-refractivity contribution in [3.05, 3.63) is 67.1 Å². The molecule has 0 aliphatic heterocycles. The van der Waals surface area contributed by atoms with Crippen molar-refractivity contribution in [3.63, 3.8) is 0 Å². The van der Waals surface area contributed by atoms with Crippen molar-refractivity contribution in [2.24, 2.45) is 0 Å². The van der Waals surface area contributed by atoms with E-state index in [1.54, 1.807) is 29.2 Å². The van der Waals surface area contributed by atoms with E-state index in [9.17, 15) is 4.79 Å². The Kier molecular flexibility index (Phi) is 3.82. The van der Waals surface area contributed by atoms with Gasteiger partial charge in [0.05, 0.1) is 12.0 Å². The summed E-state index contributed by atoms with van der Waals surface area (Å²) < 4.78 is 7.02. The normalized spacial score (nSPS) is 10.4. The summed E-state index contributed by atoms with van der Waals surface area (Å²) in [7, 11) is 0. The molecule has 0 saturated carbocycles. The number of carbonyl (C=O) groups is 1. The minimum atomic E-state index is -0.325. The minimum absolute atomic E-state index is 0.209. The zero-order valence-electron chi connectivity index (χ0n) is 11.8. The molecule has 0 atom stereocenters. The maximum absolute atomic E-state index is 12.2. The Hall–Kier alpha value is -3.15. The Bertz CT molecular complexity index is 776. The van der Waals surface area contributed by atoms with Crippen molar-refractivity contribution in [1.29, 1.82) is 0 Å². The minimum Gasteiger partial charge on any atom is -0.463 e. The monoisotopic (exact) mass is 294 g/mol. The first-order valence-electron chi connectivity index (χ1n) is 6.75. The van der Waals surface area contributed by atoms with Crippen molar-refractivity contribution in [2.45, 2.75) is 0 Å². The molecule has 0 aliphatic rings. The van der Waals surface area contributed by atoms with Gasteiger partial charge in [-0.3, -0.25) is 4.79 Å². The van der Waals surface area contributed by atoms with E-state index in [1.807, 2.05) is 30.3 Å². The van der Waals surface area contributed by atoms with Gasteiger partial charge in [-0.15, -0.1) is 11.7 Å². The number of nitrogens with zero attached hydrogens (tertiary/aromatic N) is 3. The van der Waals surface area contributed by atoms with Crippen LogP contribution in [0.1, 0.15) is 10.5 Å². The molecule has 3 aromatic rings. The molecule has 3 rings (SSSR count). The van der Waals surface area contributed by atoms with Crippen LogP contribution in [0.2, 0.25) is 0 Å². The molecule has 22 heavy (non-hydrogen) atoms. The van der Waals surface area contributed by atoms with E-state index in [0.717, 1.165) is 5.69 Å². The van der Waals surface area contributed by atoms with E-state index >= 15 is 0 Å². The van der Waals surface area contributed by atoms with Crippen LogP contribution in [0.4, 0.5) is 0 Å². The van der Waals surface area contributed by atoms with Crippen LogP contribution in [-0.4, -0.2) is 27.4 Å². The molecule has 0 aliphatic carbocycles. The van der Waals surface area contributed by atoms with Gasteiger partial charge in [-0.25, -0.2) is 4.68 Å². The van der Waals surface area contributed by atoms with E-state index in [1.165, 1.54) is 0 Å². The van der Waals surface area contributed by atoms with Crippen molar-refractivity contribution < 1.29 is 9.21 Å². The standard InChI is InChI=1S/C16H14N4O2/c1-2-10-17-16(21)14-15(13-9-6-11-22-13)20(19-18-14)12-7-4-3-5-8-12/h2-9,11H,1,10H2,(H,17,21). The summed E-state index contributed by atoms with van der Waals surface area (Å²) in [4.78, 5) is 12.2. The summed E-state index contributed by atoms with van der Waals surface area (Å²) in [5.41, 5.74) is 1.52. The second kappa shape index (κ2) is 6.09. The molecule has 0 spiro atoms. The zero-order chi connectivity index (χ0) is 15.4. The number of hydrogen-bond donors (Lipinski definition) is 1. The molecule has 2 aromatic heterocycles. The highest BCUT2D eigenvalue weighted by Gasteiger charge is 2.23. The number of para-hydroxylation sites is 1. The predicted octanol–water partition coefficient (Wildman–Crippen LogP) is 2.44. The second-order valence-corrected chi connectivity index (χ2v) is 4.51. The number of benzene rings is 1. The quantitative estimate of drug-likeness (QED) is 0.734. The third-order valence-corrected chi connectivity index (χ3v) is 3.05. The van der Waals surface area contributed by atoms with Crippen LogP contribution >= 0.6 is 0 Å². The van der Waals surface area contributed by atoms with E-state index in [-0.39, 0.29) is 11.6 Å². The average Bonchev–Trinajstić information content (AvgIpc) is 3.21. The lowest BCUT2D eigenvalue weighted by atomic mass is 10.2. The Balaban J connectivity index is 2.10. The lowest BCUT2D eigenvalue weighted by Crippen LogP contribution is -2.24. The zero-order valence-corrected chi connectivity index (χ0v) is 11.8. The molecule has 6 nitrogen and oxygen atoms in total. The number of hydrogen-bond acceptors (Lipinski definition) is 4. The fourth-order valence-corrected chi connectivity index (χ4v) is 2.07. The molecule has 1 amide bonds. The lowest BCUT2D eigenvalue weighted by Gasteiger charge is -2.05. The topological polar surface area (TPSA) is 73.0 Å².